The summed E-state index contributed by atoms with van der Waals surface area (Å²) in [5.74, 6) is -50.8. The third-order valence-corrected chi connectivity index (χ3v) is 17.4. The molecule has 4 heterocycles. The maximum atomic E-state index is 15.0. The molecule has 2 fully saturated rings. The van der Waals surface area contributed by atoms with Gasteiger partial charge < -0.3 is 180 Å². The fourth-order valence-electron chi connectivity index (χ4n) is 11.9. The van der Waals surface area contributed by atoms with E-state index in [4.69, 9.17) is 52.1 Å². The highest BCUT2D eigenvalue weighted by molar-refractivity contribution is 6.10. The van der Waals surface area contributed by atoms with Gasteiger partial charge in [-0.25, -0.2) is 38.4 Å². The van der Waals surface area contributed by atoms with Crippen LogP contribution in [0, 0.1) is 0 Å². The van der Waals surface area contributed by atoms with E-state index >= 15 is 0 Å². The quantitative estimate of drug-likeness (QED) is 0.0527. The fraction of sp³-hybridized carbons (Fsp3) is 0.176. The van der Waals surface area contributed by atoms with Gasteiger partial charge in [0.25, 0.3) is 0 Å². The number of rotatable bonds is 10. The van der Waals surface area contributed by atoms with E-state index < -0.39 is 333 Å². The van der Waals surface area contributed by atoms with E-state index in [2.05, 4.69) is 0 Å². The monoisotopic (exact) mass is 1570 g/mol. The largest absolute Gasteiger partial charge is 0.504 e. The van der Waals surface area contributed by atoms with Crippen LogP contribution in [0.25, 0.3) is 22.3 Å². The second-order valence-corrected chi connectivity index (χ2v) is 24.2. The lowest BCUT2D eigenvalue weighted by molar-refractivity contribution is -0.284. The van der Waals surface area contributed by atoms with E-state index in [0.29, 0.717) is 48.5 Å². The maximum absolute atomic E-state index is 15.0. The third-order valence-electron chi connectivity index (χ3n) is 17.4. The Morgan fingerprint density at radius 3 is 0.929 bits per heavy atom. The number of aliphatic hydroxyl groups excluding tert-OH is 2. The molecule has 10 atom stereocenters. The summed E-state index contributed by atoms with van der Waals surface area (Å²) in [6, 6.07) is 4.24. The number of ether oxygens (including phenoxy) is 11. The Bertz CT molecular complexity index is 5320. The normalized spacial score (nSPS) is 20.7. The number of benzene rings is 8. The van der Waals surface area contributed by atoms with Crippen molar-refractivity contribution in [2.75, 3.05) is 13.2 Å². The zero-order chi connectivity index (χ0) is 81.7. The zero-order valence-corrected chi connectivity index (χ0v) is 55.0. The number of fused-ring (bicyclic) bond motifs is 8. The Kier molecular flexibility index (Phi) is 19.3. The predicted octanol–water partition coefficient (Wildman–Crippen LogP) is 1.77. The van der Waals surface area contributed by atoms with Crippen LogP contribution in [0.2, 0.25) is 0 Å². The SMILES string of the molecule is O=C(OC1C(O)OC2COC(=O)c3cc(Oc4c(C(=O)OC5C(O)OC6COC(=O)c7cc(O)c(O)c(O)c7-c7c(cc(O)c(O)c7O)C(=O)O[C@H]6[C@@H]5OC(=O)c5cc(O)c(O)c(O)c5)cc(O)c(O)c4O)c(O)c(O)c3-c3c(cc(O)c(O)c3O)C(=O)O[C@H]2[C@@H]1OC(=O)c1cc(O)c(O)c(O)c1)c1cc(O)c(O)c(O)c1. The number of cyclic esters (lactones) is 2. The minimum atomic E-state index is -2.88. The summed E-state index contributed by atoms with van der Waals surface area (Å²) >= 11 is 0. The number of phenols is 23. The summed E-state index contributed by atoms with van der Waals surface area (Å²) in [5, 5.41) is 271. The van der Waals surface area contributed by atoms with Crippen molar-refractivity contribution in [3.63, 3.8) is 0 Å². The van der Waals surface area contributed by atoms with Crippen molar-refractivity contribution < 1.29 is 218 Å². The van der Waals surface area contributed by atoms with Crippen LogP contribution >= 0.6 is 0 Å². The molecule has 8 aromatic carbocycles. The molecule has 44 heteroatoms. The molecule has 4 aliphatic rings. The number of aromatic hydroxyl groups is 23. The highest BCUT2D eigenvalue weighted by atomic mass is 16.7. The van der Waals surface area contributed by atoms with Crippen molar-refractivity contribution in [2.45, 2.75) is 61.4 Å². The maximum Gasteiger partial charge on any atom is 0.342 e. The smallest absolute Gasteiger partial charge is 0.342 e. The van der Waals surface area contributed by atoms with Crippen LogP contribution in [0.15, 0.2) is 66.7 Å². The van der Waals surface area contributed by atoms with Gasteiger partial charge in [0.15, 0.2) is 158 Å². The van der Waals surface area contributed by atoms with Gasteiger partial charge in [0, 0.05) is 34.4 Å². The van der Waals surface area contributed by atoms with E-state index in [1.807, 2.05) is 0 Å². The molecule has 12 rings (SSSR count). The van der Waals surface area contributed by atoms with Crippen molar-refractivity contribution in [2.24, 2.45) is 0 Å². The molecule has 25 N–H and O–H groups in total. The third kappa shape index (κ3) is 13.2. The van der Waals surface area contributed by atoms with E-state index in [0.717, 1.165) is 0 Å². The molecule has 4 aliphatic heterocycles. The molecular formula is C68H50O44. The highest BCUT2D eigenvalue weighted by Gasteiger charge is 2.56. The molecule has 0 radical (unpaired) electrons. The first-order valence-corrected chi connectivity index (χ1v) is 31.1. The lowest BCUT2D eigenvalue weighted by Gasteiger charge is -2.42. The van der Waals surface area contributed by atoms with Crippen LogP contribution in [0.1, 0.15) is 82.9 Å². The van der Waals surface area contributed by atoms with E-state index in [9.17, 15) is 166 Å². The molecule has 8 aromatic rings. The van der Waals surface area contributed by atoms with Gasteiger partial charge in [-0.1, -0.05) is 0 Å². The molecule has 44 nitrogen and oxygen atoms in total. The Hall–Kier alpha value is -15.4. The minimum absolute atomic E-state index is 0.159. The van der Waals surface area contributed by atoms with Gasteiger partial charge in [-0.15, -0.1) is 0 Å². The molecule has 0 amide bonds. The number of phenolic OH excluding ortho intramolecular Hbond substituents is 23. The van der Waals surface area contributed by atoms with Gasteiger partial charge in [0.1, 0.15) is 31.0 Å². The van der Waals surface area contributed by atoms with E-state index in [1.54, 1.807) is 0 Å². The number of esters is 8. The summed E-state index contributed by atoms with van der Waals surface area (Å²) in [7, 11) is 0. The first-order valence-electron chi connectivity index (χ1n) is 31.1. The average molecular weight is 1570 g/mol. The van der Waals surface area contributed by atoms with Crippen LogP contribution < -0.4 is 4.74 Å². The van der Waals surface area contributed by atoms with Crippen molar-refractivity contribution in [3.8, 4) is 166 Å². The van der Waals surface area contributed by atoms with Crippen LogP contribution in [0.3, 0.4) is 0 Å². The standard InChI is InChI=1S/C68H50O44/c69-22-1-14(2-23(70)39(22)79)59(92)109-55-53-34(105-67(100)57(55)111-61(94)16-5-26(73)41(81)27(74)6-16)13-103-63(96)20-11-32(46(86)50(90)38(20)37-19(65(98)107-53)9-30(77)44(84)49(37)89)104-52-21(10-31(78)45(85)51(52)91)66(99)112-58-56(110-60(93)15-3-24(71)40(80)25(72)4-15)54-33(106-68(58)101)12-102-62(95)17-7-28(75)42(82)47(87)35(17)36-18(64(97)108-54)8-29(76)43(83)48(36)88/h1-11,33-34,53-58,67-91,100-101H,12-13H2/t33?,34?,53-,54-,55+,56+,57?,58?,67?,68?/m1/s1. The lowest BCUT2D eigenvalue weighted by Crippen LogP contribution is -2.62. The van der Waals surface area contributed by atoms with E-state index in [1.165, 1.54) is 0 Å². The van der Waals surface area contributed by atoms with Gasteiger partial charge in [0.05, 0.1) is 38.9 Å². The van der Waals surface area contributed by atoms with Gasteiger partial charge in [-0.3, -0.25) is 0 Å². The van der Waals surface area contributed by atoms with Crippen molar-refractivity contribution in [1.82, 2.24) is 0 Å². The molecule has 0 aromatic heterocycles. The summed E-state index contributed by atoms with van der Waals surface area (Å²) in [6.45, 7) is -2.82. The van der Waals surface area contributed by atoms with Crippen LogP contribution in [0.5, 0.6) is 144 Å². The van der Waals surface area contributed by atoms with Crippen LogP contribution in [-0.4, -0.2) is 250 Å². The molecular weight excluding hydrogens is 1520 g/mol. The molecule has 2 saturated heterocycles. The predicted molar refractivity (Wildman–Crippen MR) is 345 cm³/mol. The molecule has 0 aliphatic carbocycles. The van der Waals surface area contributed by atoms with Crippen molar-refractivity contribution in [3.05, 3.63) is 111 Å². The summed E-state index contributed by atoms with van der Waals surface area (Å²) in [4.78, 5) is 115. The van der Waals surface area contributed by atoms with Crippen molar-refractivity contribution in [1.29, 1.82) is 0 Å². The Morgan fingerprint density at radius 1 is 0.304 bits per heavy atom. The Labute approximate surface area is 616 Å². The van der Waals surface area contributed by atoms with Crippen molar-refractivity contribution >= 4 is 47.8 Å². The van der Waals surface area contributed by atoms with Gasteiger partial charge in [-0.05, 0) is 54.6 Å². The lowest BCUT2D eigenvalue weighted by atomic mass is 9.91. The summed E-state index contributed by atoms with van der Waals surface area (Å²) in [6.07, 6.45) is -26.1. The Morgan fingerprint density at radius 2 is 0.580 bits per heavy atom. The van der Waals surface area contributed by atoms with E-state index in [-0.39, 0.29) is 18.2 Å². The highest BCUT2D eigenvalue weighted by Crippen LogP contribution is 2.58. The fourth-order valence-corrected chi connectivity index (χ4v) is 11.9. The molecule has 586 valence electrons. The summed E-state index contributed by atoms with van der Waals surface area (Å²) in [5.41, 5.74) is -14.2. The topological polar surface area (TPSA) is 744 Å². The number of carbonyl (C=O) groups is 8. The van der Waals surface area contributed by atoms with Crippen LogP contribution in [0.4, 0.5) is 0 Å². The first-order chi connectivity index (χ1) is 52.7. The van der Waals surface area contributed by atoms with Gasteiger partial charge >= 0.3 is 47.8 Å². The molecule has 6 unspecified atom stereocenters. The molecule has 0 spiro atoms. The molecule has 112 heavy (non-hydrogen) atoms. The zero-order valence-electron chi connectivity index (χ0n) is 55.0. The number of hydrogen-bond acceptors (Lipinski definition) is 44. The number of carbonyl (C=O) groups excluding carboxylic acids is 8. The number of hydrogen-bond donors (Lipinski definition) is 25. The Balaban J connectivity index is 0.941. The first kappa shape index (κ1) is 76.2. The van der Waals surface area contributed by atoms with Gasteiger partial charge in [0.2, 0.25) is 34.5 Å². The van der Waals surface area contributed by atoms with Gasteiger partial charge in [-0.2, -0.15) is 0 Å². The minimum Gasteiger partial charge on any atom is -0.504 e. The number of aliphatic hydroxyl groups is 2. The summed E-state index contributed by atoms with van der Waals surface area (Å²) < 4.78 is 61.0. The second-order valence-electron chi connectivity index (χ2n) is 24.2. The average Bonchev–Trinajstić information content (AvgIpc) is 1.17. The molecule has 0 saturated carbocycles. The second kappa shape index (κ2) is 28.4. The molecule has 0 bridgehead atoms. The van der Waals surface area contributed by atoms with Crippen LogP contribution in [-0.2, 0) is 47.4 Å².